The Labute approximate surface area is 144 Å². The Morgan fingerprint density at radius 3 is 2.79 bits per heavy atom. The first kappa shape index (κ1) is 16.1. The van der Waals surface area contributed by atoms with E-state index in [2.05, 4.69) is 10.5 Å². The van der Waals surface area contributed by atoms with Gasteiger partial charge < -0.3 is 14.2 Å². The van der Waals surface area contributed by atoms with Crippen LogP contribution in [-0.4, -0.2) is 25.0 Å². The van der Waals surface area contributed by atoms with Gasteiger partial charge in [0.2, 0.25) is 6.79 Å². The van der Waals surface area contributed by atoms with Crippen molar-refractivity contribution >= 4 is 23.7 Å². The minimum absolute atomic E-state index is 0.215. The van der Waals surface area contributed by atoms with E-state index in [0.717, 1.165) is 5.56 Å². The second-order valence-electron chi connectivity index (χ2n) is 5.06. The van der Waals surface area contributed by atoms with Gasteiger partial charge in [-0.1, -0.05) is 11.6 Å². The summed E-state index contributed by atoms with van der Waals surface area (Å²) in [5.74, 6) is 1.55. The van der Waals surface area contributed by atoms with Gasteiger partial charge in [0.1, 0.15) is 5.75 Å². The summed E-state index contributed by atoms with van der Waals surface area (Å²) in [7, 11) is 0. The number of benzene rings is 2. The molecule has 0 saturated carbocycles. The van der Waals surface area contributed by atoms with Gasteiger partial charge >= 0.3 is 0 Å². The van der Waals surface area contributed by atoms with Crippen LogP contribution in [0.4, 0.5) is 0 Å². The highest BCUT2D eigenvalue weighted by molar-refractivity contribution is 6.30. The molecule has 1 aliphatic heterocycles. The molecule has 1 atom stereocenters. The Morgan fingerprint density at radius 2 is 2.00 bits per heavy atom. The normalized spacial score (nSPS) is 13.8. The second-order valence-corrected chi connectivity index (χ2v) is 5.50. The number of carbonyl (C=O) groups is 1. The number of hydrazone groups is 1. The van der Waals surface area contributed by atoms with Gasteiger partial charge in [0, 0.05) is 5.02 Å². The van der Waals surface area contributed by atoms with Crippen molar-refractivity contribution in [3.05, 3.63) is 53.1 Å². The van der Waals surface area contributed by atoms with Crippen molar-refractivity contribution in [1.29, 1.82) is 0 Å². The smallest absolute Gasteiger partial charge is 0.280 e. The zero-order chi connectivity index (χ0) is 16.9. The number of nitrogens with zero attached hydrogens (tertiary/aromatic N) is 1. The average molecular weight is 347 g/mol. The van der Waals surface area contributed by atoms with Crippen molar-refractivity contribution in [2.24, 2.45) is 5.10 Å². The molecule has 1 amide bonds. The van der Waals surface area contributed by atoms with Crippen LogP contribution in [0.1, 0.15) is 12.5 Å². The lowest BCUT2D eigenvalue weighted by atomic mass is 10.2. The quantitative estimate of drug-likeness (QED) is 0.667. The maximum absolute atomic E-state index is 12.0. The molecule has 2 aromatic carbocycles. The number of carbonyl (C=O) groups excluding carboxylic acids is 1. The van der Waals surface area contributed by atoms with Crippen molar-refractivity contribution in [3.63, 3.8) is 0 Å². The molecular formula is C17H15ClN2O4. The van der Waals surface area contributed by atoms with E-state index in [9.17, 15) is 4.79 Å². The fourth-order valence-corrected chi connectivity index (χ4v) is 2.15. The molecule has 1 N–H and O–H groups in total. The van der Waals surface area contributed by atoms with Gasteiger partial charge in [0.05, 0.1) is 6.21 Å². The molecule has 1 aliphatic rings. The highest BCUT2D eigenvalue weighted by Gasteiger charge is 2.14. The molecule has 0 saturated heterocycles. The fourth-order valence-electron chi connectivity index (χ4n) is 2.03. The molecule has 0 unspecified atom stereocenters. The Morgan fingerprint density at radius 1 is 1.25 bits per heavy atom. The predicted octanol–water partition coefficient (Wildman–Crippen LogP) is 2.99. The molecule has 24 heavy (non-hydrogen) atoms. The average Bonchev–Trinajstić information content (AvgIpc) is 3.04. The maximum Gasteiger partial charge on any atom is 0.280 e. The van der Waals surface area contributed by atoms with Crippen LogP contribution in [-0.2, 0) is 4.79 Å². The molecule has 124 valence electrons. The number of nitrogens with one attached hydrogen (secondary N) is 1. The molecule has 6 nitrogen and oxygen atoms in total. The molecular weight excluding hydrogens is 332 g/mol. The molecule has 0 spiro atoms. The van der Waals surface area contributed by atoms with E-state index in [0.29, 0.717) is 22.3 Å². The highest BCUT2D eigenvalue weighted by Crippen LogP contribution is 2.31. The molecule has 0 radical (unpaired) electrons. The summed E-state index contributed by atoms with van der Waals surface area (Å²) in [6.45, 7) is 1.85. The lowest BCUT2D eigenvalue weighted by Gasteiger charge is -2.12. The van der Waals surface area contributed by atoms with E-state index in [-0.39, 0.29) is 12.7 Å². The zero-order valence-electron chi connectivity index (χ0n) is 12.9. The van der Waals surface area contributed by atoms with Crippen LogP contribution >= 0.6 is 11.6 Å². The van der Waals surface area contributed by atoms with Crippen LogP contribution < -0.4 is 19.6 Å². The lowest BCUT2D eigenvalue weighted by molar-refractivity contribution is -0.127. The molecule has 0 fully saturated rings. The second kappa shape index (κ2) is 7.23. The largest absolute Gasteiger partial charge is 0.481 e. The molecule has 2 aromatic rings. The highest BCUT2D eigenvalue weighted by atomic mass is 35.5. The van der Waals surface area contributed by atoms with Crippen molar-refractivity contribution in [2.75, 3.05) is 6.79 Å². The van der Waals surface area contributed by atoms with E-state index in [4.69, 9.17) is 25.8 Å². The van der Waals surface area contributed by atoms with Gasteiger partial charge in [-0.2, -0.15) is 5.10 Å². The number of hydrogen-bond donors (Lipinski definition) is 1. The summed E-state index contributed by atoms with van der Waals surface area (Å²) in [5, 5.41) is 4.53. The monoisotopic (exact) mass is 346 g/mol. The van der Waals surface area contributed by atoms with Crippen LogP contribution in [0.15, 0.2) is 47.6 Å². The number of hydrogen-bond acceptors (Lipinski definition) is 5. The van der Waals surface area contributed by atoms with Crippen molar-refractivity contribution in [3.8, 4) is 17.2 Å². The molecule has 0 aromatic heterocycles. The van der Waals surface area contributed by atoms with Gasteiger partial charge in [-0.15, -0.1) is 0 Å². The summed E-state index contributed by atoms with van der Waals surface area (Å²) < 4.78 is 16.0. The molecule has 1 heterocycles. The summed E-state index contributed by atoms with van der Waals surface area (Å²) in [4.78, 5) is 12.0. The summed E-state index contributed by atoms with van der Waals surface area (Å²) in [6.07, 6.45) is 0.828. The third-order valence-electron chi connectivity index (χ3n) is 3.28. The minimum Gasteiger partial charge on any atom is -0.481 e. The first-order valence-corrected chi connectivity index (χ1v) is 7.64. The predicted molar refractivity (Wildman–Crippen MR) is 89.8 cm³/mol. The first-order valence-electron chi connectivity index (χ1n) is 7.26. The van der Waals surface area contributed by atoms with Gasteiger partial charge in [-0.05, 0) is 55.0 Å². The van der Waals surface area contributed by atoms with Crippen molar-refractivity contribution < 1.29 is 19.0 Å². The third kappa shape index (κ3) is 3.97. The number of rotatable bonds is 5. The zero-order valence-corrected chi connectivity index (χ0v) is 13.6. The van der Waals surface area contributed by atoms with Crippen molar-refractivity contribution in [2.45, 2.75) is 13.0 Å². The fraction of sp³-hybridized carbons (Fsp3) is 0.176. The number of fused-ring (bicyclic) bond motifs is 1. The summed E-state index contributed by atoms with van der Waals surface area (Å²) >= 11 is 5.80. The minimum atomic E-state index is -0.694. The Balaban J connectivity index is 1.53. The standard InChI is InChI=1S/C17H15ClN2O4/c1-11(24-14-5-3-13(18)4-6-14)17(21)20-19-9-12-2-7-15-16(8-12)23-10-22-15/h2-9,11H,10H2,1H3,(H,20,21)/t11-/m1/s1. The molecule has 0 bridgehead atoms. The van der Waals surface area contributed by atoms with Crippen LogP contribution in [0.25, 0.3) is 0 Å². The van der Waals surface area contributed by atoms with Gasteiger partial charge in [0.25, 0.3) is 5.91 Å². The van der Waals surface area contributed by atoms with Crippen molar-refractivity contribution in [1.82, 2.24) is 5.43 Å². The summed E-state index contributed by atoms with van der Waals surface area (Å²) in [5.41, 5.74) is 3.22. The molecule has 0 aliphatic carbocycles. The van der Waals surface area contributed by atoms with Crippen LogP contribution in [0.3, 0.4) is 0 Å². The van der Waals surface area contributed by atoms with Crippen LogP contribution in [0.2, 0.25) is 5.02 Å². The Hall–Kier alpha value is -2.73. The van der Waals surface area contributed by atoms with Gasteiger partial charge in [-0.3, -0.25) is 4.79 Å². The number of ether oxygens (including phenoxy) is 3. The molecule has 7 heteroatoms. The van der Waals surface area contributed by atoms with Crippen LogP contribution in [0.5, 0.6) is 17.2 Å². The van der Waals surface area contributed by atoms with Gasteiger partial charge in [0.15, 0.2) is 17.6 Å². The SMILES string of the molecule is C[C@@H](Oc1ccc(Cl)cc1)C(=O)NN=Cc1ccc2c(c1)OCO2. The molecule has 3 rings (SSSR count). The van der Waals surface area contributed by atoms with E-state index >= 15 is 0 Å². The van der Waals surface area contributed by atoms with E-state index in [1.54, 1.807) is 43.3 Å². The topological polar surface area (TPSA) is 69.2 Å². The van der Waals surface area contributed by atoms with E-state index in [1.165, 1.54) is 6.21 Å². The van der Waals surface area contributed by atoms with E-state index < -0.39 is 6.10 Å². The Bertz CT molecular complexity index is 762. The van der Waals surface area contributed by atoms with Crippen LogP contribution in [0, 0.1) is 0 Å². The third-order valence-corrected chi connectivity index (χ3v) is 3.53. The number of amides is 1. The number of halogens is 1. The first-order chi connectivity index (χ1) is 11.6. The van der Waals surface area contributed by atoms with E-state index in [1.807, 2.05) is 6.07 Å². The maximum atomic E-state index is 12.0. The Kier molecular flexibility index (Phi) is 4.86. The van der Waals surface area contributed by atoms with Gasteiger partial charge in [-0.25, -0.2) is 5.43 Å². The lowest BCUT2D eigenvalue weighted by Crippen LogP contribution is -2.33. The summed E-state index contributed by atoms with van der Waals surface area (Å²) in [6, 6.07) is 12.2.